The molecule has 152 valence electrons. The quantitative estimate of drug-likeness (QED) is 0.567. The Morgan fingerprint density at radius 3 is 2.76 bits per heavy atom. The smallest absolute Gasteiger partial charge is 0.331 e. The van der Waals surface area contributed by atoms with Crippen molar-refractivity contribution in [3.05, 3.63) is 59.4 Å². The fourth-order valence-electron chi connectivity index (χ4n) is 2.68. The van der Waals surface area contributed by atoms with Crippen LogP contribution in [0.1, 0.15) is 24.1 Å². The Bertz CT molecular complexity index is 943. The van der Waals surface area contributed by atoms with Crippen molar-refractivity contribution < 1.29 is 32.9 Å². The van der Waals surface area contributed by atoms with Crippen LogP contribution in [-0.2, 0) is 14.3 Å². The SMILES string of the molecule is COc1ccc(/C=C/C(=O)OCC(=O)N[C@@H](C)c2ccc3c(c2)OCO3)cc1F. The number of carbonyl (C=O) groups is 2. The fraction of sp³-hybridized carbons (Fsp3) is 0.238. The van der Waals surface area contributed by atoms with Gasteiger partial charge in [0.1, 0.15) is 0 Å². The van der Waals surface area contributed by atoms with Gasteiger partial charge in [0.2, 0.25) is 6.79 Å². The highest BCUT2D eigenvalue weighted by molar-refractivity contribution is 5.89. The predicted molar refractivity (Wildman–Crippen MR) is 102 cm³/mol. The van der Waals surface area contributed by atoms with Gasteiger partial charge >= 0.3 is 5.97 Å². The minimum atomic E-state index is -0.716. The second-order valence-corrected chi connectivity index (χ2v) is 6.24. The van der Waals surface area contributed by atoms with E-state index >= 15 is 0 Å². The molecule has 0 radical (unpaired) electrons. The van der Waals surface area contributed by atoms with E-state index in [9.17, 15) is 14.0 Å². The first-order chi connectivity index (χ1) is 14.0. The Hall–Kier alpha value is -3.55. The van der Waals surface area contributed by atoms with Crippen molar-refractivity contribution >= 4 is 18.0 Å². The second kappa shape index (κ2) is 9.09. The van der Waals surface area contributed by atoms with Crippen molar-refractivity contribution in [3.8, 4) is 17.2 Å². The van der Waals surface area contributed by atoms with Gasteiger partial charge in [0.05, 0.1) is 13.2 Å². The monoisotopic (exact) mass is 401 g/mol. The summed E-state index contributed by atoms with van der Waals surface area (Å²) in [6.45, 7) is 1.54. The maximum absolute atomic E-state index is 13.6. The van der Waals surface area contributed by atoms with Crippen LogP contribution in [0.5, 0.6) is 17.2 Å². The van der Waals surface area contributed by atoms with Crippen molar-refractivity contribution in [1.82, 2.24) is 5.32 Å². The fourth-order valence-corrected chi connectivity index (χ4v) is 2.68. The van der Waals surface area contributed by atoms with Crippen LogP contribution in [0.2, 0.25) is 0 Å². The third-order valence-corrected chi connectivity index (χ3v) is 4.21. The number of hydrogen-bond acceptors (Lipinski definition) is 6. The highest BCUT2D eigenvalue weighted by atomic mass is 19.1. The molecule has 2 aromatic rings. The van der Waals surface area contributed by atoms with E-state index in [1.807, 2.05) is 6.07 Å². The predicted octanol–water partition coefficient (Wildman–Crippen LogP) is 3.00. The molecule has 0 bridgehead atoms. The summed E-state index contributed by atoms with van der Waals surface area (Å²) in [5.41, 5.74) is 1.29. The Morgan fingerprint density at radius 1 is 1.21 bits per heavy atom. The summed E-state index contributed by atoms with van der Waals surface area (Å²) in [6, 6.07) is 9.33. The zero-order chi connectivity index (χ0) is 20.8. The summed E-state index contributed by atoms with van der Waals surface area (Å²) in [7, 11) is 1.36. The van der Waals surface area contributed by atoms with Gasteiger partial charge in [-0.2, -0.15) is 0 Å². The largest absolute Gasteiger partial charge is 0.494 e. The zero-order valence-electron chi connectivity index (χ0n) is 15.9. The maximum atomic E-state index is 13.6. The molecule has 1 amide bonds. The molecule has 0 fully saturated rings. The number of fused-ring (bicyclic) bond motifs is 1. The minimum absolute atomic E-state index is 0.109. The Balaban J connectivity index is 1.47. The molecule has 0 saturated carbocycles. The summed E-state index contributed by atoms with van der Waals surface area (Å²) >= 11 is 0. The van der Waals surface area contributed by atoms with E-state index in [2.05, 4.69) is 5.32 Å². The van der Waals surface area contributed by atoms with Crippen LogP contribution in [0.25, 0.3) is 6.08 Å². The Morgan fingerprint density at radius 2 is 2.00 bits per heavy atom. The van der Waals surface area contributed by atoms with E-state index in [1.54, 1.807) is 25.1 Å². The van der Waals surface area contributed by atoms with Crippen LogP contribution in [0.15, 0.2) is 42.5 Å². The molecule has 1 N–H and O–H groups in total. The molecule has 0 unspecified atom stereocenters. The van der Waals surface area contributed by atoms with E-state index in [4.69, 9.17) is 18.9 Å². The molecular weight excluding hydrogens is 381 g/mol. The van der Waals surface area contributed by atoms with Crippen LogP contribution in [-0.4, -0.2) is 32.4 Å². The van der Waals surface area contributed by atoms with Crippen molar-refractivity contribution in [3.63, 3.8) is 0 Å². The molecule has 0 aliphatic carbocycles. The molecule has 8 heteroatoms. The van der Waals surface area contributed by atoms with Crippen LogP contribution < -0.4 is 19.5 Å². The highest BCUT2D eigenvalue weighted by Crippen LogP contribution is 2.34. The summed E-state index contributed by atoms with van der Waals surface area (Å²) in [4.78, 5) is 23.8. The lowest BCUT2D eigenvalue weighted by Crippen LogP contribution is -2.30. The number of rotatable bonds is 7. The first-order valence-corrected chi connectivity index (χ1v) is 8.83. The van der Waals surface area contributed by atoms with Gasteiger partial charge in [-0.05, 0) is 48.4 Å². The first-order valence-electron chi connectivity index (χ1n) is 8.83. The van der Waals surface area contributed by atoms with E-state index in [0.717, 1.165) is 11.6 Å². The van der Waals surface area contributed by atoms with Crippen molar-refractivity contribution in [2.45, 2.75) is 13.0 Å². The summed E-state index contributed by atoms with van der Waals surface area (Å²) < 4.78 is 33.9. The molecule has 0 aromatic heterocycles. The van der Waals surface area contributed by atoms with Crippen LogP contribution in [0.3, 0.4) is 0 Å². The molecule has 0 spiro atoms. The molecule has 0 saturated heterocycles. The number of amides is 1. The van der Waals surface area contributed by atoms with Crippen LogP contribution in [0, 0.1) is 5.82 Å². The van der Waals surface area contributed by atoms with Gasteiger partial charge in [-0.3, -0.25) is 4.79 Å². The Labute approximate surface area is 167 Å². The number of carbonyl (C=O) groups excluding carboxylic acids is 2. The van der Waals surface area contributed by atoms with E-state index in [0.29, 0.717) is 17.1 Å². The lowest BCUT2D eigenvalue weighted by Gasteiger charge is -2.14. The molecule has 7 nitrogen and oxygen atoms in total. The second-order valence-electron chi connectivity index (χ2n) is 6.24. The van der Waals surface area contributed by atoms with Gasteiger partial charge in [0, 0.05) is 6.08 Å². The first kappa shape index (κ1) is 20.2. The van der Waals surface area contributed by atoms with Gasteiger partial charge in [-0.15, -0.1) is 0 Å². The van der Waals surface area contributed by atoms with Crippen molar-refractivity contribution in [2.75, 3.05) is 20.5 Å². The Kier molecular flexibility index (Phi) is 6.33. The number of halogens is 1. The summed E-state index contributed by atoms with van der Waals surface area (Å²) in [5.74, 6) is -0.322. The summed E-state index contributed by atoms with van der Waals surface area (Å²) in [6.07, 6.45) is 2.51. The highest BCUT2D eigenvalue weighted by Gasteiger charge is 2.17. The van der Waals surface area contributed by atoms with Crippen LogP contribution >= 0.6 is 0 Å². The number of methoxy groups -OCH3 is 1. The van der Waals surface area contributed by atoms with Crippen molar-refractivity contribution in [2.24, 2.45) is 0 Å². The lowest BCUT2D eigenvalue weighted by atomic mass is 10.1. The molecule has 1 heterocycles. The van der Waals surface area contributed by atoms with Gasteiger partial charge in [0.15, 0.2) is 29.7 Å². The number of esters is 1. The number of ether oxygens (including phenoxy) is 4. The molecule has 2 aromatic carbocycles. The molecule has 3 rings (SSSR count). The maximum Gasteiger partial charge on any atom is 0.331 e. The normalized spacial score (nSPS) is 13.2. The van der Waals surface area contributed by atoms with Gasteiger partial charge in [-0.25, -0.2) is 9.18 Å². The van der Waals surface area contributed by atoms with Crippen LogP contribution in [0.4, 0.5) is 4.39 Å². The third kappa shape index (κ3) is 5.25. The molecule has 1 aliphatic heterocycles. The van der Waals surface area contributed by atoms with Gasteiger partial charge < -0.3 is 24.3 Å². The average Bonchev–Trinajstić information content (AvgIpc) is 3.18. The van der Waals surface area contributed by atoms with E-state index < -0.39 is 24.3 Å². The van der Waals surface area contributed by atoms with Gasteiger partial charge in [0.25, 0.3) is 5.91 Å². The molecule has 1 aliphatic rings. The standard InChI is InChI=1S/C21H20FNO6/c1-13(15-5-7-18-19(10-15)29-12-28-18)23-20(24)11-27-21(25)8-4-14-3-6-17(26-2)16(22)9-14/h3-10,13H,11-12H2,1-2H3,(H,23,24)/b8-4+/t13-/m0/s1. The van der Waals surface area contributed by atoms with Crippen molar-refractivity contribution in [1.29, 1.82) is 0 Å². The van der Waals surface area contributed by atoms with E-state index in [1.165, 1.54) is 25.3 Å². The minimum Gasteiger partial charge on any atom is -0.494 e. The topological polar surface area (TPSA) is 83.1 Å². The number of hydrogen-bond donors (Lipinski definition) is 1. The third-order valence-electron chi connectivity index (χ3n) is 4.21. The zero-order valence-corrected chi connectivity index (χ0v) is 15.9. The molecule has 1 atom stereocenters. The molecule has 29 heavy (non-hydrogen) atoms. The summed E-state index contributed by atoms with van der Waals surface area (Å²) in [5, 5.41) is 2.74. The number of nitrogens with one attached hydrogen (secondary N) is 1. The number of benzene rings is 2. The lowest BCUT2D eigenvalue weighted by molar-refractivity contribution is -0.144. The van der Waals surface area contributed by atoms with Gasteiger partial charge in [-0.1, -0.05) is 12.1 Å². The van der Waals surface area contributed by atoms with E-state index in [-0.39, 0.29) is 18.6 Å². The average molecular weight is 401 g/mol. The molecular formula is C21H20FNO6.